The molecule has 2 aliphatic rings. The normalized spacial score (nSPS) is 12.0. The van der Waals surface area contributed by atoms with Crippen molar-refractivity contribution in [2.45, 2.75) is 9.79 Å². The number of carbonyl (C=O) groups is 2. The van der Waals surface area contributed by atoms with Crippen molar-refractivity contribution in [3.63, 3.8) is 0 Å². The highest BCUT2D eigenvalue weighted by Gasteiger charge is 2.33. The van der Waals surface area contributed by atoms with Crippen molar-refractivity contribution in [1.82, 2.24) is 4.73 Å². The molecular formula is C25H17N3O13S2. The predicted octanol–water partition coefficient (Wildman–Crippen LogP) is 1.94. The number of hydrogen-bond donors (Lipinski definition) is 7. The van der Waals surface area contributed by atoms with Crippen molar-refractivity contribution < 1.29 is 60.1 Å². The molecule has 1 aliphatic heterocycles. The van der Waals surface area contributed by atoms with E-state index in [0.29, 0.717) is 4.73 Å². The number of carbonyl (C=O) groups excluding carboxylic acids is 1. The monoisotopic (exact) mass is 631 g/mol. The molecule has 222 valence electrons. The summed E-state index contributed by atoms with van der Waals surface area (Å²) in [4.78, 5) is 28.5. The summed E-state index contributed by atoms with van der Waals surface area (Å²) in [5.41, 5.74) is 2.15. The summed E-state index contributed by atoms with van der Waals surface area (Å²) in [6.45, 7) is 0. The van der Waals surface area contributed by atoms with Gasteiger partial charge in [-0.3, -0.25) is 14.5 Å². The molecule has 1 aliphatic carbocycles. The Kier molecular flexibility index (Phi) is 6.65. The number of hydrogen-bond acceptors (Lipinski definition) is 12. The van der Waals surface area contributed by atoms with E-state index in [0.717, 1.165) is 36.4 Å². The minimum Gasteiger partial charge on any atom is -0.492 e. The van der Waals surface area contributed by atoms with Crippen LogP contribution in [0.1, 0.15) is 20.7 Å². The first-order valence-electron chi connectivity index (χ1n) is 11.5. The van der Waals surface area contributed by atoms with Gasteiger partial charge in [0.1, 0.15) is 0 Å². The average Bonchev–Trinajstić information content (AvgIpc) is 3.21. The van der Waals surface area contributed by atoms with E-state index in [-0.39, 0.29) is 22.1 Å². The maximum Gasteiger partial charge on any atom is 0.364 e. The number of nitrogen functional groups attached to an aromatic ring is 1. The van der Waals surface area contributed by atoms with Gasteiger partial charge in [0.25, 0.3) is 20.2 Å². The third kappa shape index (κ3) is 4.78. The zero-order chi connectivity index (χ0) is 31.6. The largest absolute Gasteiger partial charge is 0.492 e. The molecule has 43 heavy (non-hydrogen) atoms. The van der Waals surface area contributed by atoms with E-state index < -0.39 is 87.2 Å². The highest BCUT2D eigenvalue weighted by Crippen LogP contribution is 2.46. The molecule has 8 N–H and O–H groups in total. The molecule has 16 nitrogen and oxygen atoms in total. The zero-order valence-electron chi connectivity index (χ0n) is 21.0. The van der Waals surface area contributed by atoms with Crippen LogP contribution in [-0.2, 0) is 20.2 Å². The van der Waals surface area contributed by atoms with Crippen molar-refractivity contribution in [2.75, 3.05) is 5.73 Å². The predicted molar refractivity (Wildman–Crippen MR) is 144 cm³/mol. The van der Waals surface area contributed by atoms with Gasteiger partial charge in [0.2, 0.25) is 11.8 Å². The van der Waals surface area contributed by atoms with Crippen LogP contribution in [0.4, 0.5) is 5.69 Å². The first kappa shape index (κ1) is 29.1. The Labute approximate surface area is 239 Å². The minimum absolute atomic E-state index is 0.248. The summed E-state index contributed by atoms with van der Waals surface area (Å²) in [5, 5.41) is 36.9. The van der Waals surface area contributed by atoms with Crippen LogP contribution in [0.2, 0.25) is 0 Å². The number of fused-ring (bicyclic) bond motifs is 2. The van der Waals surface area contributed by atoms with Gasteiger partial charge in [-0.05, 0) is 35.9 Å². The van der Waals surface area contributed by atoms with E-state index in [9.17, 15) is 50.8 Å². The highest BCUT2D eigenvalue weighted by atomic mass is 32.2. The molecule has 2 aromatic carbocycles. The highest BCUT2D eigenvalue weighted by molar-refractivity contribution is 7.86. The molecular weight excluding hydrogens is 614 g/mol. The van der Waals surface area contributed by atoms with Crippen molar-refractivity contribution in [3.05, 3.63) is 71.1 Å². The number of carboxylic acid groups (broad SMARTS) is 1. The number of nitrogens with one attached hydrogen (secondary N) is 1. The number of carboxylic acids is 1. The summed E-state index contributed by atoms with van der Waals surface area (Å²) in [6, 6.07) is 9.62. The van der Waals surface area contributed by atoms with E-state index in [1.165, 1.54) is 18.2 Å². The number of anilines is 1. The van der Waals surface area contributed by atoms with Gasteiger partial charge in [-0.15, -0.1) is 4.73 Å². The summed E-state index contributed by atoms with van der Waals surface area (Å²) < 4.78 is 75.0. The topological polar surface area (TPSA) is 281 Å². The van der Waals surface area contributed by atoms with Gasteiger partial charge in [0.05, 0.1) is 22.2 Å². The van der Waals surface area contributed by atoms with Gasteiger partial charge < -0.3 is 30.3 Å². The molecule has 0 bridgehead atoms. The number of aromatic nitrogens is 1. The quantitative estimate of drug-likeness (QED) is 0.0801. The van der Waals surface area contributed by atoms with Crippen molar-refractivity contribution in [1.29, 1.82) is 5.41 Å². The van der Waals surface area contributed by atoms with Crippen LogP contribution in [0.5, 0.6) is 11.8 Å². The molecule has 0 fully saturated rings. The summed E-state index contributed by atoms with van der Waals surface area (Å²) in [6.07, 6.45) is 0. The second kappa shape index (κ2) is 9.84. The molecule has 0 atom stereocenters. The minimum atomic E-state index is -5.24. The number of nitrogens with zero attached hydrogens (tertiary/aromatic N) is 1. The van der Waals surface area contributed by atoms with Crippen LogP contribution in [-0.4, -0.2) is 57.9 Å². The second-order valence-electron chi connectivity index (χ2n) is 8.86. The van der Waals surface area contributed by atoms with Crippen LogP contribution in [0.15, 0.2) is 68.8 Å². The average molecular weight is 632 g/mol. The fourth-order valence-corrected chi connectivity index (χ4v) is 6.07. The van der Waals surface area contributed by atoms with Gasteiger partial charge >= 0.3 is 11.9 Å². The molecule has 1 aromatic heterocycles. The number of benzene rings is 3. The summed E-state index contributed by atoms with van der Waals surface area (Å²) >= 11 is 0. The lowest BCUT2D eigenvalue weighted by Gasteiger charge is -2.20. The number of nitrogens with two attached hydrogens (primary N) is 1. The van der Waals surface area contributed by atoms with E-state index in [1.54, 1.807) is 0 Å². The Balaban J connectivity index is 1.96. The Hall–Kier alpha value is -5.43. The Morgan fingerprint density at radius 1 is 0.860 bits per heavy atom. The lowest BCUT2D eigenvalue weighted by Crippen LogP contribution is -2.22. The number of aromatic hydroxyl groups is 2. The molecule has 3 aromatic rings. The van der Waals surface area contributed by atoms with Crippen LogP contribution in [0, 0.1) is 5.41 Å². The molecule has 2 heterocycles. The lowest BCUT2D eigenvalue weighted by atomic mass is 9.88. The standard InChI is InChI=1S/C25H17N3O13S2/c26-14-6-4-11-18(10-2-1-3-13(19(10)24(31)32)25(33)41-28-16(29)8-9-17(28)30)12-5-7-15(27)23(43(37,38)39)21(12)40-20(11)22(14)42(34,35)36/h1-9,26,29-30H,27H2,(H,31,32)(H,34,35,36)(H,37,38,39). The maximum atomic E-state index is 13.1. The van der Waals surface area contributed by atoms with Gasteiger partial charge in [-0.2, -0.15) is 16.8 Å². The van der Waals surface area contributed by atoms with Crippen LogP contribution < -0.4 is 15.9 Å². The molecule has 5 rings (SSSR count). The fourth-order valence-electron chi connectivity index (χ4n) is 4.59. The second-order valence-corrected chi connectivity index (χ2v) is 11.6. The van der Waals surface area contributed by atoms with Crippen LogP contribution in [0.3, 0.4) is 0 Å². The smallest absolute Gasteiger partial charge is 0.364 e. The maximum absolute atomic E-state index is 13.1. The third-order valence-electron chi connectivity index (χ3n) is 6.25. The van der Waals surface area contributed by atoms with Crippen molar-refractivity contribution in [2.24, 2.45) is 0 Å². The molecule has 18 heteroatoms. The molecule has 0 saturated carbocycles. The van der Waals surface area contributed by atoms with Gasteiger partial charge in [0.15, 0.2) is 21.1 Å². The molecule has 0 radical (unpaired) electrons. The van der Waals surface area contributed by atoms with Crippen LogP contribution in [0.25, 0.3) is 33.4 Å². The number of rotatable bonds is 6. The fraction of sp³-hybridized carbons (Fsp3) is 0. The van der Waals surface area contributed by atoms with Gasteiger partial charge in [-0.1, -0.05) is 12.1 Å². The Bertz CT molecular complexity index is 2250. The number of aromatic carboxylic acids is 1. The van der Waals surface area contributed by atoms with Crippen molar-refractivity contribution >= 4 is 48.8 Å². The first-order valence-corrected chi connectivity index (χ1v) is 14.4. The molecule has 0 amide bonds. The first-order chi connectivity index (χ1) is 20.0. The molecule has 0 unspecified atom stereocenters. The van der Waals surface area contributed by atoms with Crippen LogP contribution >= 0.6 is 0 Å². The molecule has 0 spiro atoms. The van der Waals surface area contributed by atoms with Gasteiger partial charge in [-0.25, -0.2) is 9.59 Å². The third-order valence-corrected chi connectivity index (χ3v) is 8.11. The molecule has 0 saturated heterocycles. The zero-order valence-corrected chi connectivity index (χ0v) is 22.7. The Morgan fingerprint density at radius 3 is 2.07 bits per heavy atom. The van der Waals surface area contributed by atoms with E-state index in [4.69, 9.17) is 20.4 Å². The summed E-state index contributed by atoms with van der Waals surface area (Å²) in [5.74, 6) is -5.34. The van der Waals surface area contributed by atoms with Crippen molar-refractivity contribution in [3.8, 4) is 34.2 Å². The van der Waals surface area contributed by atoms with E-state index in [1.807, 2.05) is 0 Å². The Morgan fingerprint density at radius 2 is 1.49 bits per heavy atom. The van der Waals surface area contributed by atoms with Gasteiger partial charge in [0, 0.05) is 28.6 Å². The lowest BCUT2D eigenvalue weighted by molar-refractivity contribution is 0.0376. The van der Waals surface area contributed by atoms with E-state index >= 15 is 0 Å². The summed E-state index contributed by atoms with van der Waals surface area (Å²) in [7, 11) is -10.4. The van der Waals surface area contributed by atoms with E-state index in [2.05, 4.69) is 0 Å². The SMILES string of the molecule is N=c1ccc2c(-c3cccc(C(=O)On4c(O)ccc4O)c3C(=O)O)c3ccc(N)c(S(=O)(=O)O)c3oc-2c1S(=O)(=O)O.